The van der Waals surface area contributed by atoms with Crippen molar-refractivity contribution in [2.24, 2.45) is 5.92 Å². The van der Waals surface area contributed by atoms with Crippen molar-refractivity contribution < 1.29 is 24.3 Å². The van der Waals surface area contributed by atoms with E-state index >= 15 is 0 Å². The van der Waals surface area contributed by atoms with Crippen molar-refractivity contribution in [3.8, 4) is 0 Å². The number of carboxylic acid groups (broad SMARTS) is 1. The first kappa shape index (κ1) is 21.9. The molecule has 1 atom stereocenters. The number of carbonyl (C=O) groups is 4. The Hall–Kier alpha value is -2.12. The maximum absolute atomic E-state index is 12.3. The Kier molecular flexibility index (Phi) is 9.09. The lowest BCUT2D eigenvalue weighted by atomic mass is 10.1. The molecule has 1 saturated heterocycles. The lowest BCUT2D eigenvalue weighted by molar-refractivity contribution is -0.145. The smallest absolute Gasteiger partial charge is 0.323 e. The number of carboxylic acids is 1. The fraction of sp³-hybridized carbons (Fsp3) is 0.778. The highest BCUT2D eigenvalue weighted by Crippen LogP contribution is 2.17. The average molecular weight is 369 g/mol. The van der Waals surface area contributed by atoms with Gasteiger partial charge < -0.3 is 20.2 Å². The highest BCUT2D eigenvalue weighted by atomic mass is 16.4. The summed E-state index contributed by atoms with van der Waals surface area (Å²) in [7, 11) is 0. The molecule has 1 rings (SSSR count). The van der Waals surface area contributed by atoms with Gasteiger partial charge in [0.25, 0.3) is 0 Å². The van der Waals surface area contributed by atoms with E-state index in [0.717, 1.165) is 6.42 Å². The minimum absolute atomic E-state index is 0.0207. The predicted molar refractivity (Wildman–Crippen MR) is 96.3 cm³/mol. The van der Waals surface area contributed by atoms with Crippen LogP contribution in [0.15, 0.2) is 0 Å². The second-order valence-corrected chi connectivity index (χ2v) is 7.22. The minimum Gasteiger partial charge on any atom is -0.480 e. The molecule has 1 unspecified atom stereocenters. The van der Waals surface area contributed by atoms with Crippen molar-refractivity contribution in [3.05, 3.63) is 0 Å². The molecule has 0 saturated carbocycles. The van der Waals surface area contributed by atoms with Gasteiger partial charge in [-0.15, -0.1) is 0 Å². The SMILES string of the molecule is CC(=O)N(CC(=O)O)C1CCCN(C(=O)CNC(=O)CCC(C)C)CC1. The van der Waals surface area contributed by atoms with Crippen LogP contribution in [0.25, 0.3) is 0 Å². The van der Waals surface area contributed by atoms with Gasteiger partial charge >= 0.3 is 5.97 Å². The zero-order valence-corrected chi connectivity index (χ0v) is 16.0. The number of nitrogens with zero attached hydrogens (tertiary/aromatic N) is 2. The molecule has 1 aliphatic rings. The molecule has 26 heavy (non-hydrogen) atoms. The summed E-state index contributed by atoms with van der Waals surface area (Å²) in [6.45, 7) is 6.11. The Labute approximate surface area is 154 Å². The summed E-state index contributed by atoms with van der Waals surface area (Å²) in [4.78, 5) is 49.8. The van der Waals surface area contributed by atoms with Crippen LogP contribution in [0.1, 0.15) is 52.9 Å². The first-order valence-electron chi connectivity index (χ1n) is 9.24. The molecule has 3 amide bonds. The van der Waals surface area contributed by atoms with Crippen LogP contribution in [0.2, 0.25) is 0 Å². The van der Waals surface area contributed by atoms with Gasteiger partial charge in [-0.25, -0.2) is 0 Å². The third-order valence-corrected chi connectivity index (χ3v) is 4.59. The van der Waals surface area contributed by atoms with Gasteiger partial charge in [-0.2, -0.15) is 0 Å². The van der Waals surface area contributed by atoms with E-state index in [1.54, 1.807) is 4.90 Å². The molecule has 8 heteroatoms. The molecule has 8 nitrogen and oxygen atoms in total. The van der Waals surface area contributed by atoms with E-state index in [4.69, 9.17) is 5.11 Å². The topological polar surface area (TPSA) is 107 Å². The quantitative estimate of drug-likeness (QED) is 0.660. The van der Waals surface area contributed by atoms with E-state index in [0.29, 0.717) is 44.7 Å². The zero-order chi connectivity index (χ0) is 19.7. The Morgan fingerprint density at radius 2 is 1.88 bits per heavy atom. The maximum atomic E-state index is 12.3. The molecule has 1 heterocycles. The summed E-state index contributed by atoms with van der Waals surface area (Å²) in [5.74, 6) is -1.13. The second kappa shape index (κ2) is 10.8. The van der Waals surface area contributed by atoms with Crippen LogP contribution in [0, 0.1) is 5.92 Å². The monoisotopic (exact) mass is 369 g/mol. The maximum Gasteiger partial charge on any atom is 0.323 e. The fourth-order valence-electron chi connectivity index (χ4n) is 3.08. The zero-order valence-electron chi connectivity index (χ0n) is 16.0. The molecule has 0 aliphatic carbocycles. The average Bonchev–Trinajstić information content (AvgIpc) is 2.81. The minimum atomic E-state index is -1.04. The van der Waals surface area contributed by atoms with Crippen LogP contribution >= 0.6 is 0 Å². The van der Waals surface area contributed by atoms with E-state index in [2.05, 4.69) is 5.32 Å². The van der Waals surface area contributed by atoms with Crippen molar-refractivity contribution in [1.29, 1.82) is 0 Å². The fourth-order valence-corrected chi connectivity index (χ4v) is 3.08. The normalized spacial score (nSPS) is 17.5. The molecule has 0 bridgehead atoms. The highest BCUT2D eigenvalue weighted by Gasteiger charge is 2.27. The molecule has 0 aromatic carbocycles. The number of carbonyl (C=O) groups excluding carboxylic acids is 3. The summed E-state index contributed by atoms with van der Waals surface area (Å²) in [5, 5.41) is 11.6. The lowest BCUT2D eigenvalue weighted by Gasteiger charge is -2.28. The van der Waals surface area contributed by atoms with Crippen LogP contribution in [0.4, 0.5) is 0 Å². The van der Waals surface area contributed by atoms with E-state index in [1.807, 2.05) is 13.8 Å². The van der Waals surface area contributed by atoms with E-state index in [9.17, 15) is 19.2 Å². The second-order valence-electron chi connectivity index (χ2n) is 7.22. The number of rotatable bonds is 8. The molecule has 0 aromatic heterocycles. The number of aliphatic carboxylic acids is 1. The standard InChI is InChI=1S/C18H31N3O5/c1-13(2)6-7-16(23)19-11-17(24)20-9-4-5-15(8-10-20)21(14(3)22)12-18(25)26/h13,15H,4-12H2,1-3H3,(H,19,23)(H,25,26). The molecule has 148 valence electrons. The third-order valence-electron chi connectivity index (χ3n) is 4.59. The van der Waals surface area contributed by atoms with Crippen LogP contribution in [-0.2, 0) is 19.2 Å². The molecule has 1 fully saturated rings. The Morgan fingerprint density at radius 1 is 1.19 bits per heavy atom. The van der Waals surface area contributed by atoms with Crippen molar-refractivity contribution in [2.75, 3.05) is 26.2 Å². The van der Waals surface area contributed by atoms with Crippen molar-refractivity contribution >= 4 is 23.7 Å². The number of amides is 3. The van der Waals surface area contributed by atoms with Gasteiger partial charge in [-0.1, -0.05) is 13.8 Å². The summed E-state index contributed by atoms with van der Waals surface area (Å²) in [5.41, 5.74) is 0. The largest absolute Gasteiger partial charge is 0.480 e. The number of hydrogen-bond donors (Lipinski definition) is 2. The number of likely N-dealkylation sites (tertiary alicyclic amines) is 1. The first-order valence-corrected chi connectivity index (χ1v) is 9.24. The van der Waals surface area contributed by atoms with Gasteiger partial charge in [0.2, 0.25) is 17.7 Å². The van der Waals surface area contributed by atoms with Crippen molar-refractivity contribution in [3.63, 3.8) is 0 Å². The van der Waals surface area contributed by atoms with Crippen LogP contribution < -0.4 is 5.32 Å². The summed E-state index contributed by atoms with van der Waals surface area (Å²) in [6.07, 6.45) is 3.10. The van der Waals surface area contributed by atoms with E-state index in [1.165, 1.54) is 11.8 Å². The van der Waals surface area contributed by atoms with Gasteiger partial charge in [0.1, 0.15) is 6.54 Å². The van der Waals surface area contributed by atoms with Crippen LogP contribution in [-0.4, -0.2) is 70.8 Å². The molecule has 0 spiro atoms. The van der Waals surface area contributed by atoms with Gasteiger partial charge in [-0.05, 0) is 31.6 Å². The van der Waals surface area contributed by atoms with Gasteiger partial charge in [0.15, 0.2) is 0 Å². The summed E-state index contributed by atoms with van der Waals surface area (Å²) < 4.78 is 0. The van der Waals surface area contributed by atoms with Crippen molar-refractivity contribution in [1.82, 2.24) is 15.1 Å². The van der Waals surface area contributed by atoms with Crippen LogP contribution in [0.3, 0.4) is 0 Å². The molecule has 2 N–H and O–H groups in total. The summed E-state index contributed by atoms with van der Waals surface area (Å²) >= 11 is 0. The Bertz CT molecular complexity index is 521. The summed E-state index contributed by atoms with van der Waals surface area (Å²) in [6, 6.07) is -0.179. The Morgan fingerprint density at radius 3 is 2.46 bits per heavy atom. The van der Waals surface area contributed by atoms with Gasteiger partial charge in [0.05, 0.1) is 6.54 Å². The third kappa shape index (κ3) is 7.84. The first-order chi connectivity index (χ1) is 12.2. The Balaban J connectivity index is 2.49. The van der Waals surface area contributed by atoms with Crippen molar-refractivity contribution in [2.45, 2.75) is 58.9 Å². The van der Waals surface area contributed by atoms with Gasteiger partial charge in [0, 0.05) is 32.5 Å². The molecular formula is C18H31N3O5. The number of nitrogens with one attached hydrogen (secondary N) is 1. The van der Waals surface area contributed by atoms with Crippen LogP contribution in [0.5, 0.6) is 0 Å². The number of hydrogen-bond acceptors (Lipinski definition) is 4. The van der Waals surface area contributed by atoms with E-state index in [-0.39, 0.29) is 36.9 Å². The molecule has 0 radical (unpaired) electrons. The molecule has 0 aromatic rings. The highest BCUT2D eigenvalue weighted by molar-refractivity contribution is 5.84. The van der Waals surface area contributed by atoms with E-state index < -0.39 is 5.97 Å². The van der Waals surface area contributed by atoms with Gasteiger partial charge in [-0.3, -0.25) is 19.2 Å². The molecular weight excluding hydrogens is 338 g/mol. The predicted octanol–water partition coefficient (Wildman–Crippen LogP) is 0.853. The molecule has 1 aliphatic heterocycles. The lowest BCUT2D eigenvalue weighted by Crippen LogP contribution is -2.44.